The molecule has 0 bridgehead atoms. The van der Waals surface area contributed by atoms with Gasteiger partial charge in [-0.3, -0.25) is 24.6 Å². The number of amides is 3. The van der Waals surface area contributed by atoms with E-state index in [-0.39, 0.29) is 23.8 Å². The molecule has 2 fully saturated rings. The fourth-order valence-corrected chi connectivity index (χ4v) is 5.25. The number of benzene rings is 1. The molecule has 4 rings (SSSR count). The Kier molecular flexibility index (Phi) is 4.74. The zero-order valence-corrected chi connectivity index (χ0v) is 17.2. The maximum Gasteiger partial charge on any atom is 0.250 e. The van der Waals surface area contributed by atoms with Crippen LogP contribution in [0.15, 0.2) is 18.2 Å². The van der Waals surface area contributed by atoms with Crippen LogP contribution in [-0.2, 0) is 19.9 Å². The molecule has 1 aromatic rings. The number of nitrogens with one attached hydrogen (secondary N) is 2. The van der Waals surface area contributed by atoms with Gasteiger partial charge in [0.2, 0.25) is 17.7 Å². The van der Waals surface area contributed by atoms with Gasteiger partial charge in [0.25, 0.3) is 0 Å². The summed E-state index contributed by atoms with van der Waals surface area (Å²) in [6.07, 6.45) is 2.37. The Bertz CT molecular complexity index is 855. The number of rotatable bonds is 5. The number of halogens is 1. The molecule has 4 atom stereocenters. The molecule has 3 aliphatic rings. The first-order valence-corrected chi connectivity index (χ1v) is 10.4. The molecule has 0 aliphatic carbocycles. The Morgan fingerprint density at radius 1 is 1.21 bits per heavy atom. The van der Waals surface area contributed by atoms with Gasteiger partial charge >= 0.3 is 0 Å². The number of carbonyl (C=O) groups is 3. The quantitative estimate of drug-likeness (QED) is 0.741. The molecular weight excluding hydrogens is 378 g/mol. The van der Waals surface area contributed by atoms with Crippen molar-refractivity contribution in [3.05, 3.63) is 28.8 Å². The lowest BCUT2D eigenvalue weighted by Gasteiger charge is -2.30. The predicted molar refractivity (Wildman–Crippen MR) is 107 cm³/mol. The second kappa shape index (κ2) is 6.85. The van der Waals surface area contributed by atoms with Crippen molar-refractivity contribution < 1.29 is 14.4 Å². The Balaban J connectivity index is 1.84. The maximum atomic E-state index is 13.4. The Hall–Kier alpha value is -1.92. The highest BCUT2D eigenvalue weighted by molar-refractivity contribution is 6.31. The van der Waals surface area contributed by atoms with Crippen LogP contribution in [-0.4, -0.2) is 35.2 Å². The van der Waals surface area contributed by atoms with E-state index in [4.69, 9.17) is 11.6 Å². The highest BCUT2D eigenvalue weighted by atomic mass is 35.5. The summed E-state index contributed by atoms with van der Waals surface area (Å²) in [7, 11) is 0. The van der Waals surface area contributed by atoms with Crippen molar-refractivity contribution in [2.24, 2.45) is 17.8 Å². The average Bonchev–Trinajstić information content (AvgIpc) is 3.19. The number of hydrogen-bond acceptors (Lipinski definition) is 4. The third-order valence-electron chi connectivity index (χ3n) is 6.23. The van der Waals surface area contributed by atoms with Gasteiger partial charge in [-0.25, -0.2) is 0 Å². The van der Waals surface area contributed by atoms with Crippen molar-refractivity contribution in [2.75, 3.05) is 11.9 Å². The zero-order chi connectivity index (χ0) is 20.2. The Morgan fingerprint density at radius 2 is 1.96 bits per heavy atom. The molecule has 6 nitrogen and oxygen atoms in total. The summed E-state index contributed by atoms with van der Waals surface area (Å²) in [4.78, 5) is 41.2. The molecular formula is C21H26ClN3O3. The monoisotopic (exact) mass is 403 g/mol. The molecule has 0 saturated carbocycles. The fourth-order valence-electron chi connectivity index (χ4n) is 5.08. The van der Waals surface area contributed by atoms with Crippen LogP contribution >= 0.6 is 11.6 Å². The van der Waals surface area contributed by atoms with Gasteiger partial charge < -0.3 is 5.32 Å². The Morgan fingerprint density at radius 3 is 2.64 bits per heavy atom. The minimum Gasteiger partial charge on any atom is -0.324 e. The van der Waals surface area contributed by atoms with E-state index >= 15 is 0 Å². The molecule has 3 heterocycles. The second-order valence-electron chi connectivity index (χ2n) is 8.52. The summed E-state index contributed by atoms with van der Waals surface area (Å²) in [5.74, 6) is -1.61. The van der Waals surface area contributed by atoms with E-state index in [0.717, 1.165) is 12.8 Å². The normalized spacial score (nSPS) is 31.1. The molecule has 28 heavy (non-hydrogen) atoms. The molecule has 0 aromatic heterocycles. The molecule has 2 saturated heterocycles. The van der Waals surface area contributed by atoms with E-state index in [1.54, 1.807) is 18.2 Å². The molecule has 1 spiro atoms. The number of carbonyl (C=O) groups excluding carboxylic acids is 3. The first-order valence-electron chi connectivity index (χ1n) is 10.1. The smallest absolute Gasteiger partial charge is 0.250 e. The van der Waals surface area contributed by atoms with Gasteiger partial charge in [-0.1, -0.05) is 38.8 Å². The van der Waals surface area contributed by atoms with Gasteiger partial charge in [-0.15, -0.1) is 0 Å². The van der Waals surface area contributed by atoms with Crippen LogP contribution in [0, 0.1) is 17.8 Å². The standard InChI is InChI=1S/C21H26ClN3O3/c1-4-5-8-25-18(26)16-15(9-11(2)3)24-21(17(16)19(25)27)13-10-12(22)6-7-14(13)23-20(21)28/h6-7,10-11,15-17,24H,4-5,8-9H2,1-3H3,(H,23,28)/t15-,16-,17+,21+/m1/s1. The van der Waals surface area contributed by atoms with Gasteiger partial charge in [0, 0.05) is 28.9 Å². The molecule has 7 heteroatoms. The summed E-state index contributed by atoms with van der Waals surface area (Å²) >= 11 is 6.23. The lowest BCUT2D eigenvalue weighted by Crippen LogP contribution is -2.53. The van der Waals surface area contributed by atoms with Crippen molar-refractivity contribution >= 4 is 35.0 Å². The van der Waals surface area contributed by atoms with Gasteiger partial charge in [0.05, 0.1) is 11.8 Å². The molecule has 1 aromatic carbocycles. The maximum absolute atomic E-state index is 13.4. The van der Waals surface area contributed by atoms with Gasteiger partial charge in [0.1, 0.15) is 5.54 Å². The third kappa shape index (κ3) is 2.61. The highest BCUT2D eigenvalue weighted by Crippen LogP contribution is 2.54. The molecule has 0 radical (unpaired) electrons. The highest BCUT2D eigenvalue weighted by Gasteiger charge is 2.70. The molecule has 3 aliphatic heterocycles. The summed E-state index contributed by atoms with van der Waals surface area (Å²) < 4.78 is 0. The lowest BCUT2D eigenvalue weighted by atomic mass is 9.76. The van der Waals surface area contributed by atoms with Gasteiger partial charge in [-0.2, -0.15) is 0 Å². The number of hydrogen-bond donors (Lipinski definition) is 2. The zero-order valence-electron chi connectivity index (χ0n) is 16.4. The molecule has 0 unspecified atom stereocenters. The first kappa shape index (κ1) is 19.4. The van der Waals surface area contributed by atoms with E-state index < -0.39 is 17.4 Å². The minimum absolute atomic E-state index is 0.151. The minimum atomic E-state index is -1.24. The predicted octanol–water partition coefficient (Wildman–Crippen LogP) is 2.91. The molecule has 3 amide bonds. The Labute approximate surface area is 170 Å². The van der Waals surface area contributed by atoms with Gasteiger partial charge in [0.15, 0.2) is 0 Å². The van der Waals surface area contributed by atoms with Crippen molar-refractivity contribution in [3.8, 4) is 0 Å². The summed E-state index contributed by atoms with van der Waals surface area (Å²) in [5.41, 5.74) is 0.0842. The summed E-state index contributed by atoms with van der Waals surface area (Å²) in [5, 5.41) is 6.83. The van der Waals surface area contributed by atoms with Crippen molar-refractivity contribution in [3.63, 3.8) is 0 Å². The van der Waals surface area contributed by atoms with Crippen LogP contribution < -0.4 is 10.6 Å². The van der Waals surface area contributed by atoms with Crippen molar-refractivity contribution in [1.29, 1.82) is 0 Å². The number of fused-ring (bicyclic) bond motifs is 4. The summed E-state index contributed by atoms with van der Waals surface area (Å²) in [6, 6.07) is 4.98. The number of nitrogens with zero attached hydrogens (tertiary/aromatic N) is 1. The number of unbranched alkanes of at least 4 members (excludes halogenated alkanes) is 1. The number of likely N-dealkylation sites (tertiary alicyclic amines) is 1. The second-order valence-corrected chi connectivity index (χ2v) is 8.95. The van der Waals surface area contributed by atoms with E-state index in [9.17, 15) is 14.4 Å². The van der Waals surface area contributed by atoms with Crippen LogP contribution in [0.4, 0.5) is 5.69 Å². The fraction of sp³-hybridized carbons (Fsp3) is 0.571. The van der Waals surface area contributed by atoms with Crippen LogP contribution in [0.1, 0.15) is 45.6 Å². The largest absolute Gasteiger partial charge is 0.324 e. The van der Waals surface area contributed by atoms with E-state index in [1.807, 2.05) is 6.92 Å². The third-order valence-corrected chi connectivity index (χ3v) is 6.46. The van der Waals surface area contributed by atoms with Crippen LogP contribution in [0.2, 0.25) is 5.02 Å². The van der Waals surface area contributed by atoms with E-state index in [1.165, 1.54) is 4.90 Å². The van der Waals surface area contributed by atoms with Crippen LogP contribution in [0.25, 0.3) is 0 Å². The number of anilines is 1. The van der Waals surface area contributed by atoms with E-state index in [2.05, 4.69) is 24.5 Å². The molecule has 2 N–H and O–H groups in total. The lowest BCUT2D eigenvalue weighted by molar-refractivity contribution is -0.142. The van der Waals surface area contributed by atoms with Gasteiger partial charge in [-0.05, 0) is 37.0 Å². The number of imide groups is 1. The topological polar surface area (TPSA) is 78.5 Å². The SMILES string of the molecule is CCCCN1C(=O)[C@H]2[C@@H](C1=O)[C@]1(N[C@@H]2CC(C)C)C(=O)Nc2ccc(Cl)cc21. The van der Waals surface area contributed by atoms with E-state index in [0.29, 0.717) is 35.2 Å². The van der Waals surface area contributed by atoms with Crippen molar-refractivity contribution in [1.82, 2.24) is 10.2 Å². The average molecular weight is 404 g/mol. The molecule has 150 valence electrons. The van der Waals surface area contributed by atoms with Crippen molar-refractivity contribution in [2.45, 2.75) is 51.6 Å². The summed E-state index contributed by atoms with van der Waals surface area (Å²) in [6.45, 7) is 6.60. The van der Waals surface area contributed by atoms with Crippen LogP contribution in [0.5, 0.6) is 0 Å². The van der Waals surface area contributed by atoms with Crippen LogP contribution in [0.3, 0.4) is 0 Å². The first-order chi connectivity index (χ1) is 13.3.